The van der Waals surface area contributed by atoms with Crippen molar-refractivity contribution in [1.82, 2.24) is 5.32 Å². The van der Waals surface area contributed by atoms with Crippen LogP contribution in [0.1, 0.15) is 63.3 Å². The third-order valence-electron chi connectivity index (χ3n) is 9.50. The summed E-state index contributed by atoms with van der Waals surface area (Å²) in [6.45, 7) is 10.1. The fourth-order valence-electron chi connectivity index (χ4n) is 7.49. The van der Waals surface area contributed by atoms with E-state index < -0.39 is 63.8 Å². The SMILES string of the molecule is CC(C)[C@@H]1C(=O)C(C(N)=O)=C(O)[C@@]2(O)C(=O)C3=C(O)c4c(O)c(CNCc5ccc(OC(C)(C)C)cc5)cc(N(C)C)c4C[C@H]3C[C@@H]12. The zero-order valence-electron chi connectivity index (χ0n) is 28.0. The van der Waals surface area contributed by atoms with Gasteiger partial charge in [0.25, 0.3) is 5.91 Å². The minimum absolute atomic E-state index is 0.0717. The van der Waals surface area contributed by atoms with Gasteiger partial charge in [-0.05, 0) is 74.8 Å². The van der Waals surface area contributed by atoms with E-state index in [0.29, 0.717) is 17.7 Å². The van der Waals surface area contributed by atoms with Crippen molar-refractivity contribution in [3.8, 4) is 11.5 Å². The molecule has 3 aliphatic rings. The molecule has 11 heteroatoms. The molecule has 11 nitrogen and oxygen atoms in total. The van der Waals surface area contributed by atoms with Crippen LogP contribution in [0.25, 0.3) is 5.76 Å². The van der Waals surface area contributed by atoms with Crippen LogP contribution in [0.4, 0.5) is 5.69 Å². The molecule has 0 saturated heterocycles. The molecule has 0 spiro atoms. The summed E-state index contributed by atoms with van der Waals surface area (Å²) in [5.74, 6) is -7.04. The van der Waals surface area contributed by atoms with Crippen LogP contribution in [0.15, 0.2) is 47.2 Å². The molecule has 0 bridgehead atoms. The molecule has 3 aliphatic carbocycles. The van der Waals surface area contributed by atoms with E-state index in [2.05, 4.69) is 5.32 Å². The standard InChI is InChI=1S/C36H45N3O8/c1-17(2)25-23-13-19-12-22-24(39(6)7)14-20(16-38-15-18-8-10-21(11-9-18)47-35(3,4)5)29(40)27(22)31(42)26(19)32(43)36(23,46)33(44)28(30(25)41)34(37)45/h8-11,14,17,19,23,25,38,40,42,44,46H,12-13,15-16H2,1-7H3,(H2,37,45)/t19-,23-,25-,36-/m0/s1. The Bertz CT molecular complexity index is 1700. The highest BCUT2D eigenvalue weighted by atomic mass is 16.5. The van der Waals surface area contributed by atoms with Crippen LogP contribution >= 0.6 is 0 Å². The van der Waals surface area contributed by atoms with Crippen LogP contribution in [0.2, 0.25) is 0 Å². The topological polar surface area (TPSA) is 183 Å². The van der Waals surface area contributed by atoms with E-state index in [-0.39, 0.29) is 41.9 Å². The Hall–Kier alpha value is -4.35. The molecule has 47 heavy (non-hydrogen) atoms. The Morgan fingerprint density at radius 2 is 1.74 bits per heavy atom. The van der Waals surface area contributed by atoms with Gasteiger partial charge in [-0.1, -0.05) is 26.0 Å². The highest BCUT2D eigenvalue weighted by Crippen LogP contribution is 2.55. The quantitative estimate of drug-likeness (QED) is 0.230. The van der Waals surface area contributed by atoms with Gasteiger partial charge < -0.3 is 41.1 Å². The number of aromatic hydroxyl groups is 1. The number of hydrogen-bond donors (Lipinski definition) is 6. The van der Waals surface area contributed by atoms with E-state index in [4.69, 9.17) is 10.5 Å². The molecule has 5 rings (SSSR count). The predicted molar refractivity (Wildman–Crippen MR) is 177 cm³/mol. The molecule has 0 heterocycles. The van der Waals surface area contributed by atoms with Crippen molar-refractivity contribution in [2.24, 2.45) is 29.4 Å². The number of hydrogen-bond acceptors (Lipinski definition) is 10. The highest BCUT2D eigenvalue weighted by molar-refractivity contribution is 6.23. The third-order valence-corrected chi connectivity index (χ3v) is 9.50. The number of phenolic OH excluding ortho intramolecular Hbond substituents is 1. The average Bonchev–Trinajstić information content (AvgIpc) is 2.95. The fraction of sp³-hybridized carbons (Fsp3) is 0.472. The van der Waals surface area contributed by atoms with Crippen LogP contribution in [0.3, 0.4) is 0 Å². The predicted octanol–water partition coefficient (Wildman–Crippen LogP) is 3.84. The number of ether oxygens (including phenoxy) is 1. The molecule has 0 unspecified atom stereocenters. The van der Waals surface area contributed by atoms with Crippen LogP contribution in [-0.2, 0) is 33.9 Å². The molecule has 7 N–H and O–H groups in total. The van der Waals surface area contributed by atoms with Gasteiger partial charge in [-0.15, -0.1) is 0 Å². The first-order valence-electron chi connectivity index (χ1n) is 15.9. The van der Waals surface area contributed by atoms with Crippen LogP contribution < -0.4 is 20.7 Å². The van der Waals surface area contributed by atoms with Gasteiger partial charge in [0.1, 0.15) is 34.2 Å². The number of nitrogens with two attached hydrogens (primary N) is 1. The highest BCUT2D eigenvalue weighted by Gasteiger charge is 2.64. The van der Waals surface area contributed by atoms with Gasteiger partial charge in [-0.25, -0.2) is 0 Å². The Kier molecular flexibility index (Phi) is 8.70. The van der Waals surface area contributed by atoms with Crippen molar-refractivity contribution in [2.45, 2.75) is 71.8 Å². The average molecular weight is 648 g/mol. The molecule has 1 amide bonds. The van der Waals surface area contributed by atoms with Crippen molar-refractivity contribution in [3.05, 3.63) is 69.5 Å². The molecule has 4 atom stereocenters. The van der Waals surface area contributed by atoms with Gasteiger partial charge in [-0.3, -0.25) is 14.4 Å². The number of carbonyl (C=O) groups excluding carboxylic acids is 3. The summed E-state index contributed by atoms with van der Waals surface area (Å²) in [6.07, 6.45) is 0.305. The van der Waals surface area contributed by atoms with Crippen LogP contribution in [-0.4, -0.2) is 63.2 Å². The maximum Gasteiger partial charge on any atom is 0.255 e. The fourth-order valence-corrected chi connectivity index (χ4v) is 7.49. The van der Waals surface area contributed by atoms with E-state index >= 15 is 0 Å². The van der Waals surface area contributed by atoms with Gasteiger partial charge in [0.2, 0.25) is 5.78 Å². The number of aliphatic hydroxyl groups excluding tert-OH is 2. The lowest BCUT2D eigenvalue weighted by molar-refractivity contribution is -0.155. The Morgan fingerprint density at radius 3 is 2.30 bits per heavy atom. The number of phenols is 1. The van der Waals surface area contributed by atoms with Gasteiger partial charge in [0.05, 0.1) is 5.56 Å². The second kappa shape index (κ2) is 12.0. The van der Waals surface area contributed by atoms with Crippen LogP contribution in [0, 0.1) is 23.7 Å². The van der Waals surface area contributed by atoms with E-state index in [1.54, 1.807) is 13.8 Å². The number of amides is 1. The summed E-state index contributed by atoms with van der Waals surface area (Å²) in [7, 11) is 3.68. The van der Waals surface area contributed by atoms with E-state index in [1.807, 2.05) is 70.1 Å². The molecular formula is C36H45N3O8. The molecule has 1 fully saturated rings. The van der Waals surface area contributed by atoms with E-state index in [1.165, 1.54) is 0 Å². The molecule has 1 saturated carbocycles. The van der Waals surface area contributed by atoms with E-state index in [0.717, 1.165) is 17.0 Å². The Morgan fingerprint density at radius 1 is 1.11 bits per heavy atom. The third kappa shape index (κ3) is 5.76. The van der Waals surface area contributed by atoms with Crippen molar-refractivity contribution in [1.29, 1.82) is 0 Å². The smallest absolute Gasteiger partial charge is 0.255 e. The maximum absolute atomic E-state index is 14.2. The number of anilines is 1. The zero-order chi connectivity index (χ0) is 34.7. The first kappa shape index (κ1) is 34.0. The second-order valence-corrected chi connectivity index (χ2v) is 14.4. The molecule has 2 aromatic carbocycles. The number of aliphatic hydroxyl groups is 3. The van der Waals surface area contributed by atoms with Gasteiger partial charge in [0, 0.05) is 55.8 Å². The van der Waals surface area contributed by atoms with Gasteiger partial charge in [-0.2, -0.15) is 0 Å². The monoisotopic (exact) mass is 647 g/mol. The summed E-state index contributed by atoms with van der Waals surface area (Å²) < 4.78 is 5.89. The second-order valence-electron chi connectivity index (χ2n) is 14.4. The summed E-state index contributed by atoms with van der Waals surface area (Å²) >= 11 is 0. The largest absolute Gasteiger partial charge is 0.508 e. The number of ketones is 2. The lowest BCUT2D eigenvalue weighted by Crippen LogP contribution is -2.62. The molecule has 2 aromatic rings. The van der Waals surface area contributed by atoms with Gasteiger partial charge >= 0.3 is 0 Å². The molecule has 0 aromatic heterocycles. The first-order chi connectivity index (χ1) is 21.9. The number of Topliss-reactive ketones (excluding diaryl/α,β-unsaturated/α-hetero) is 2. The van der Waals surface area contributed by atoms with Crippen molar-refractivity contribution in [3.63, 3.8) is 0 Å². The van der Waals surface area contributed by atoms with Crippen molar-refractivity contribution < 1.29 is 39.5 Å². The molecule has 0 radical (unpaired) electrons. The number of fused-ring (bicyclic) bond motifs is 3. The number of primary amides is 1. The summed E-state index contributed by atoms with van der Waals surface area (Å²) in [6, 6.07) is 9.54. The lowest BCUT2D eigenvalue weighted by Gasteiger charge is -2.50. The molecular weight excluding hydrogens is 602 g/mol. The normalized spacial score (nSPS) is 24.2. The van der Waals surface area contributed by atoms with Crippen molar-refractivity contribution in [2.75, 3.05) is 19.0 Å². The minimum Gasteiger partial charge on any atom is -0.508 e. The number of carbonyl (C=O) groups is 3. The molecule has 252 valence electrons. The number of nitrogens with one attached hydrogen (secondary N) is 1. The molecule has 0 aliphatic heterocycles. The van der Waals surface area contributed by atoms with E-state index in [9.17, 15) is 34.8 Å². The first-order valence-corrected chi connectivity index (χ1v) is 15.9. The lowest BCUT2D eigenvalue weighted by atomic mass is 9.54. The minimum atomic E-state index is -2.64. The van der Waals surface area contributed by atoms with Gasteiger partial charge in [0.15, 0.2) is 11.4 Å². The Labute approximate surface area is 274 Å². The maximum atomic E-state index is 14.2. The summed E-state index contributed by atoms with van der Waals surface area (Å²) in [4.78, 5) is 41.7. The summed E-state index contributed by atoms with van der Waals surface area (Å²) in [5.41, 5.74) is 4.42. The number of nitrogens with zero attached hydrogens (tertiary/aromatic N) is 1. The summed E-state index contributed by atoms with van der Waals surface area (Å²) in [5, 5.41) is 49.6. The van der Waals surface area contributed by atoms with Crippen molar-refractivity contribution >= 4 is 28.9 Å². The number of benzene rings is 2. The Balaban J connectivity index is 1.52. The van der Waals surface area contributed by atoms with Crippen LogP contribution in [0.5, 0.6) is 11.5 Å². The zero-order valence-corrected chi connectivity index (χ0v) is 28.0. The number of rotatable bonds is 8.